The van der Waals surface area contributed by atoms with E-state index in [1.807, 2.05) is 33.9 Å². The van der Waals surface area contributed by atoms with Crippen LogP contribution in [0.4, 0.5) is 4.39 Å². The maximum Gasteiger partial charge on any atom is 0.257 e. The van der Waals surface area contributed by atoms with Crippen molar-refractivity contribution in [3.05, 3.63) is 55.8 Å². The quantitative estimate of drug-likeness (QED) is 0.432. The van der Waals surface area contributed by atoms with Gasteiger partial charge in [-0.1, -0.05) is 34.1 Å². The number of hydrogen-bond donors (Lipinski definition) is 1. The zero-order chi connectivity index (χ0) is 25.5. The molecule has 4 rings (SSSR count). The highest BCUT2D eigenvalue weighted by Gasteiger charge is 2.37. The number of rotatable bonds is 9. The molecule has 0 spiro atoms. The normalized spacial score (nSPS) is 17.3. The number of nitrogens with zero attached hydrogens (tertiary/aromatic N) is 2. The molecule has 1 aliphatic carbocycles. The van der Waals surface area contributed by atoms with E-state index < -0.39 is 11.3 Å². The molecule has 1 aliphatic heterocycles. The maximum atomic E-state index is 15.0. The summed E-state index contributed by atoms with van der Waals surface area (Å²) in [5.41, 5.74) is 5.68. The molecule has 0 saturated heterocycles. The van der Waals surface area contributed by atoms with Gasteiger partial charge in [0.1, 0.15) is 12.1 Å². The topological polar surface area (TPSA) is 73.2 Å². The predicted molar refractivity (Wildman–Crippen MR) is 136 cm³/mol. The zero-order valence-corrected chi connectivity index (χ0v) is 21.6. The molecule has 2 aromatic heterocycles. The van der Waals surface area contributed by atoms with Crippen LogP contribution in [0.25, 0.3) is 17.5 Å². The minimum atomic E-state index is -0.610. The molecule has 0 amide bonds. The number of fused-ring (bicyclic) bond motifs is 4. The summed E-state index contributed by atoms with van der Waals surface area (Å²) in [6.07, 6.45) is 5.49. The van der Waals surface area contributed by atoms with Crippen LogP contribution >= 0.6 is 0 Å². The van der Waals surface area contributed by atoms with Crippen molar-refractivity contribution in [2.45, 2.75) is 78.5 Å². The molecule has 0 radical (unpaired) electrons. The number of aldehydes is 1. The molecule has 35 heavy (non-hydrogen) atoms. The largest absolute Gasteiger partial charge is 0.380 e. The van der Waals surface area contributed by atoms with Crippen molar-refractivity contribution in [2.24, 2.45) is 5.41 Å². The first kappa shape index (κ1) is 25.5. The van der Waals surface area contributed by atoms with E-state index in [0.717, 1.165) is 35.8 Å². The Balaban J connectivity index is 2.04. The van der Waals surface area contributed by atoms with E-state index >= 15 is 4.39 Å². The van der Waals surface area contributed by atoms with Crippen molar-refractivity contribution in [1.29, 1.82) is 0 Å². The van der Waals surface area contributed by atoms with Crippen LogP contribution in [0.2, 0.25) is 0 Å². The van der Waals surface area contributed by atoms with E-state index in [4.69, 9.17) is 9.72 Å². The highest BCUT2D eigenvalue weighted by atomic mass is 19.1. The number of allylic oxidation sites excluding steroid dienone is 1. The predicted octanol–water partition coefficient (Wildman–Crippen LogP) is 5.06. The van der Waals surface area contributed by atoms with Crippen molar-refractivity contribution in [1.82, 2.24) is 14.9 Å². The first-order valence-corrected chi connectivity index (χ1v) is 12.5. The molecule has 7 heteroatoms. The van der Waals surface area contributed by atoms with Crippen molar-refractivity contribution >= 4 is 12.4 Å². The van der Waals surface area contributed by atoms with E-state index in [-0.39, 0.29) is 24.0 Å². The highest BCUT2D eigenvalue weighted by molar-refractivity contribution is 5.74. The Morgan fingerprint density at radius 3 is 2.66 bits per heavy atom. The first-order valence-electron chi connectivity index (χ1n) is 12.5. The lowest BCUT2D eigenvalue weighted by Crippen LogP contribution is -2.27. The Kier molecular flexibility index (Phi) is 7.11. The van der Waals surface area contributed by atoms with Gasteiger partial charge in [0, 0.05) is 35.6 Å². The third-order valence-corrected chi connectivity index (χ3v) is 7.57. The van der Waals surface area contributed by atoms with Gasteiger partial charge in [0.2, 0.25) is 0 Å². The molecule has 0 bridgehead atoms. The Bertz CT molecular complexity index is 1250. The van der Waals surface area contributed by atoms with E-state index in [9.17, 15) is 9.59 Å². The second kappa shape index (κ2) is 9.78. The number of methoxy groups -OCH3 is 1. The molecule has 3 heterocycles. The highest BCUT2D eigenvalue weighted by Crippen LogP contribution is 2.45. The fourth-order valence-corrected chi connectivity index (χ4v) is 5.59. The molecule has 0 saturated carbocycles. The summed E-state index contributed by atoms with van der Waals surface area (Å²) >= 11 is 0. The number of pyridine rings is 2. The molecular weight excluding hydrogens is 445 g/mol. The molecule has 1 N–H and O–H groups in total. The van der Waals surface area contributed by atoms with Crippen LogP contribution in [-0.4, -0.2) is 30.0 Å². The van der Waals surface area contributed by atoms with Crippen molar-refractivity contribution < 1.29 is 13.9 Å². The van der Waals surface area contributed by atoms with E-state index in [1.165, 1.54) is 0 Å². The van der Waals surface area contributed by atoms with Crippen LogP contribution in [0.15, 0.2) is 16.7 Å². The molecule has 0 aromatic carbocycles. The Morgan fingerprint density at radius 1 is 1.31 bits per heavy atom. The Morgan fingerprint density at radius 2 is 2.06 bits per heavy atom. The first-order chi connectivity index (χ1) is 16.7. The van der Waals surface area contributed by atoms with Gasteiger partial charge in [-0.3, -0.25) is 4.79 Å². The summed E-state index contributed by atoms with van der Waals surface area (Å²) in [4.78, 5) is 30.5. The van der Waals surface area contributed by atoms with Gasteiger partial charge < -0.3 is 19.4 Å². The molecule has 188 valence electrons. The monoisotopic (exact) mass is 481 g/mol. The van der Waals surface area contributed by atoms with Crippen molar-refractivity contribution in [2.75, 3.05) is 14.2 Å². The number of carbonyl (C=O) groups is 1. The smallest absolute Gasteiger partial charge is 0.257 e. The average molecular weight is 482 g/mol. The summed E-state index contributed by atoms with van der Waals surface area (Å²) in [6, 6.07) is 1.99. The molecule has 2 aliphatic rings. The van der Waals surface area contributed by atoms with Gasteiger partial charge in [-0.15, -0.1) is 0 Å². The Labute approximate surface area is 206 Å². The minimum absolute atomic E-state index is 0.0668. The zero-order valence-electron chi connectivity index (χ0n) is 21.6. The second-order valence-corrected chi connectivity index (χ2v) is 10.3. The molecule has 2 atom stereocenters. The lowest BCUT2D eigenvalue weighted by Gasteiger charge is -2.32. The summed E-state index contributed by atoms with van der Waals surface area (Å²) in [6.45, 7) is 8.46. The third kappa shape index (κ3) is 4.19. The van der Waals surface area contributed by atoms with Crippen LogP contribution in [-0.2, 0) is 29.1 Å². The van der Waals surface area contributed by atoms with Crippen LogP contribution in [0.5, 0.6) is 0 Å². The van der Waals surface area contributed by atoms with Gasteiger partial charge in [0.15, 0.2) is 0 Å². The van der Waals surface area contributed by atoms with Crippen LogP contribution in [0.3, 0.4) is 0 Å². The summed E-state index contributed by atoms with van der Waals surface area (Å²) in [5, 5.41) is 3.46. The van der Waals surface area contributed by atoms with Gasteiger partial charge >= 0.3 is 0 Å². The summed E-state index contributed by atoms with van der Waals surface area (Å²) in [7, 11) is 3.50. The fraction of sp³-hybridized carbons (Fsp3) is 0.536. The molecule has 2 aromatic rings. The van der Waals surface area contributed by atoms with Gasteiger partial charge in [0.05, 0.1) is 30.2 Å². The van der Waals surface area contributed by atoms with Gasteiger partial charge in [-0.05, 0) is 55.1 Å². The average Bonchev–Trinajstić information content (AvgIpc) is 3.18. The minimum Gasteiger partial charge on any atom is -0.380 e. The number of carbonyl (C=O) groups excluding carboxylic acids is 1. The SMILES string of the molecule is CCCC(NC)c1c2c(nc3c1Cn1c-3cc(C(C=O)CC)c(COC)c1=O)C=C(F)C(C)(C)C2. The van der Waals surface area contributed by atoms with Crippen LogP contribution < -0.4 is 10.9 Å². The maximum absolute atomic E-state index is 15.0. The lowest BCUT2D eigenvalue weighted by atomic mass is 9.76. The van der Waals surface area contributed by atoms with E-state index in [1.54, 1.807) is 17.8 Å². The van der Waals surface area contributed by atoms with E-state index in [0.29, 0.717) is 47.6 Å². The number of halogens is 1. The number of ether oxygens (including phenoxy) is 1. The third-order valence-electron chi connectivity index (χ3n) is 7.57. The number of nitrogens with one attached hydrogen (secondary N) is 1. The van der Waals surface area contributed by atoms with Crippen LogP contribution in [0.1, 0.15) is 92.4 Å². The molecule has 0 fully saturated rings. The Hall–Kier alpha value is -2.64. The second-order valence-electron chi connectivity index (χ2n) is 10.3. The molecular formula is C28H36FN3O3. The van der Waals surface area contributed by atoms with Gasteiger partial charge in [0.25, 0.3) is 5.56 Å². The molecule has 6 nitrogen and oxygen atoms in total. The van der Waals surface area contributed by atoms with Crippen molar-refractivity contribution in [3.8, 4) is 11.4 Å². The summed E-state index contributed by atoms with van der Waals surface area (Å²) in [5.74, 6) is -0.582. The van der Waals surface area contributed by atoms with Crippen molar-refractivity contribution in [3.63, 3.8) is 0 Å². The van der Waals surface area contributed by atoms with Gasteiger partial charge in [-0.25, -0.2) is 9.37 Å². The van der Waals surface area contributed by atoms with Gasteiger partial charge in [-0.2, -0.15) is 0 Å². The molecule has 2 unspecified atom stereocenters. The number of aromatic nitrogens is 2. The van der Waals surface area contributed by atoms with E-state index in [2.05, 4.69) is 12.2 Å². The number of hydrogen-bond acceptors (Lipinski definition) is 5. The fourth-order valence-electron chi connectivity index (χ4n) is 5.59. The van der Waals surface area contributed by atoms with Crippen LogP contribution in [0, 0.1) is 5.41 Å². The summed E-state index contributed by atoms with van der Waals surface area (Å²) < 4.78 is 22.1. The lowest BCUT2D eigenvalue weighted by molar-refractivity contribution is -0.109. The standard InChI is InChI=1S/C28H36FN3O3/c1-7-9-21(30-5)25-18-12-28(3,4)24(29)11-22(18)31-26-19(25)13-32-23(26)10-17(16(8-2)14-33)20(15-35-6)27(32)34/h10-11,14,16,21,30H,7-9,12-13,15H2,1-6H3.